The first-order valence-electron chi connectivity index (χ1n) is 11.4. The van der Waals surface area contributed by atoms with E-state index in [2.05, 4.69) is 15.4 Å². The fourth-order valence-corrected chi connectivity index (χ4v) is 3.80. The van der Waals surface area contributed by atoms with Gasteiger partial charge in [-0.25, -0.2) is 22.8 Å². The number of hydrogen-bond acceptors (Lipinski definition) is 5. The molecule has 3 aromatic heterocycles. The molecule has 4 aromatic rings. The Morgan fingerprint density at radius 2 is 1.94 bits per heavy atom. The summed E-state index contributed by atoms with van der Waals surface area (Å²) in [6.45, 7) is 5.47. The van der Waals surface area contributed by atoms with Gasteiger partial charge in [0, 0.05) is 12.6 Å². The van der Waals surface area contributed by atoms with Crippen LogP contribution in [0.15, 0.2) is 47.2 Å². The lowest BCUT2D eigenvalue weighted by atomic mass is 10.1. The maximum atomic E-state index is 14.0. The lowest BCUT2D eigenvalue weighted by molar-refractivity contribution is -0.116. The van der Waals surface area contributed by atoms with Gasteiger partial charge in [-0.15, -0.1) is 0 Å². The summed E-state index contributed by atoms with van der Waals surface area (Å²) in [7, 11) is 0. The Labute approximate surface area is 204 Å². The van der Waals surface area contributed by atoms with E-state index in [0.717, 1.165) is 6.07 Å². The molecule has 0 atom stereocenters. The first-order valence-corrected chi connectivity index (χ1v) is 11.4. The number of nitrogens with zero attached hydrogens (tertiary/aromatic N) is 4. The van der Waals surface area contributed by atoms with Crippen LogP contribution in [-0.2, 0) is 4.79 Å². The molecule has 0 fully saturated rings. The van der Waals surface area contributed by atoms with E-state index in [1.165, 1.54) is 11.2 Å². The van der Waals surface area contributed by atoms with Crippen molar-refractivity contribution in [1.82, 2.24) is 19.7 Å². The summed E-state index contributed by atoms with van der Waals surface area (Å²) < 4.78 is 47.9. The number of hydrogen-bond donors (Lipinski definition) is 1. The monoisotopic (exact) mass is 499 g/mol. The van der Waals surface area contributed by atoms with Crippen LogP contribution < -0.4 is 5.32 Å². The molecule has 36 heavy (non-hydrogen) atoms. The number of nitrogens with one attached hydrogen (secondary N) is 1. The Balaban J connectivity index is 1.68. The van der Waals surface area contributed by atoms with Crippen molar-refractivity contribution in [3.63, 3.8) is 0 Å². The molecule has 0 saturated carbocycles. The van der Waals surface area contributed by atoms with Gasteiger partial charge in [-0.2, -0.15) is 5.10 Å². The molecule has 0 spiro atoms. The maximum absolute atomic E-state index is 14.0. The SMILES string of the molecule is CCCN(CC(=O)Nc1ccc(F)c(F)c1F)C(=O)c1cc(-c2ccco2)nc2c1cnn2C(C)C. The second kappa shape index (κ2) is 10.2. The third-order valence-corrected chi connectivity index (χ3v) is 5.48. The Morgan fingerprint density at radius 1 is 1.17 bits per heavy atom. The molecule has 2 amide bonds. The molecule has 0 bridgehead atoms. The molecule has 0 saturated heterocycles. The van der Waals surface area contributed by atoms with E-state index in [9.17, 15) is 22.8 Å². The van der Waals surface area contributed by atoms with Crippen LogP contribution in [0.2, 0.25) is 0 Å². The molecule has 0 aliphatic carbocycles. The lowest BCUT2D eigenvalue weighted by Crippen LogP contribution is -2.38. The molecule has 1 aromatic carbocycles. The number of furan rings is 1. The minimum absolute atomic E-state index is 0.0340. The normalized spacial score (nSPS) is 11.3. The van der Waals surface area contributed by atoms with E-state index in [1.54, 1.807) is 29.1 Å². The highest BCUT2D eigenvalue weighted by atomic mass is 19.2. The number of fused-ring (bicyclic) bond motifs is 1. The van der Waals surface area contributed by atoms with Crippen molar-refractivity contribution in [3.05, 3.63) is 65.8 Å². The minimum Gasteiger partial charge on any atom is -0.463 e. The summed E-state index contributed by atoms with van der Waals surface area (Å²) in [5, 5.41) is 7.08. The third kappa shape index (κ3) is 4.81. The fourth-order valence-electron chi connectivity index (χ4n) is 3.80. The number of aromatic nitrogens is 3. The van der Waals surface area contributed by atoms with Crippen molar-refractivity contribution < 1.29 is 27.2 Å². The second-order valence-electron chi connectivity index (χ2n) is 8.45. The highest BCUT2D eigenvalue weighted by Crippen LogP contribution is 2.28. The molecular weight excluding hydrogens is 475 g/mol. The topological polar surface area (TPSA) is 93.3 Å². The number of carbonyl (C=O) groups is 2. The molecule has 3 heterocycles. The van der Waals surface area contributed by atoms with Crippen LogP contribution in [0, 0.1) is 17.5 Å². The van der Waals surface area contributed by atoms with Gasteiger partial charge in [0.2, 0.25) is 5.91 Å². The van der Waals surface area contributed by atoms with Gasteiger partial charge in [-0.3, -0.25) is 9.59 Å². The van der Waals surface area contributed by atoms with Gasteiger partial charge in [0.05, 0.1) is 29.1 Å². The second-order valence-corrected chi connectivity index (χ2v) is 8.45. The number of pyridine rings is 1. The fraction of sp³-hybridized carbons (Fsp3) is 0.280. The molecular formula is C25H24F3N5O3. The van der Waals surface area contributed by atoms with Gasteiger partial charge < -0.3 is 14.6 Å². The van der Waals surface area contributed by atoms with E-state index in [1.807, 2.05) is 20.8 Å². The van der Waals surface area contributed by atoms with E-state index < -0.39 is 41.5 Å². The number of benzene rings is 1. The Hall–Kier alpha value is -4.15. The van der Waals surface area contributed by atoms with Crippen molar-refractivity contribution in [3.8, 4) is 11.5 Å². The summed E-state index contributed by atoms with van der Waals surface area (Å²) in [5.41, 5.74) is 0.640. The highest BCUT2D eigenvalue weighted by molar-refractivity contribution is 6.08. The van der Waals surface area contributed by atoms with Crippen LogP contribution in [0.25, 0.3) is 22.5 Å². The molecule has 1 N–H and O–H groups in total. The number of amides is 2. The zero-order chi connectivity index (χ0) is 26.0. The first kappa shape index (κ1) is 25.0. The van der Waals surface area contributed by atoms with Crippen molar-refractivity contribution in [1.29, 1.82) is 0 Å². The molecule has 0 unspecified atom stereocenters. The Bertz CT molecular complexity index is 1420. The van der Waals surface area contributed by atoms with Crippen LogP contribution in [0.5, 0.6) is 0 Å². The summed E-state index contributed by atoms with van der Waals surface area (Å²) in [6.07, 6.45) is 3.57. The molecule has 0 aliphatic heterocycles. The van der Waals surface area contributed by atoms with Crippen LogP contribution >= 0.6 is 0 Å². The average Bonchev–Trinajstić information content (AvgIpc) is 3.53. The lowest BCUT2D eigenvalue weighted by Gasteiger charge is -2.22. The predicted molar refractivity (Wildman–Crippen MR) is 127 cm³/mol. The van der Waals surface area contributed by atoms with E-state index in [0.29, 0.717) is 35.0 Å². The van der Waals surface area contributed by atoms with E-state index >= 15 is 0 Å². The van der Waals surface area contributed by atoms with Crippen molar-refractivity contribution in [2.24, 2.45) is 0 Å². The number of halogens is 3. The standard InChI is InChI=1S/C25H24F3N5O3/c1-4-9-32(13-21(34)30-18-8-7-17(26)22(27)23(18)28)25(35)15-11-19(20-6-5-10-36-20)31-24-16(15)12-29-33(24)14(2)3/h5-8,10-12,14H,4,9,13H2,1-3H3,(H,30,34). The van der Waals surface area contributed by atoms with Gasteiger partial charge in [0.1, 0.15) is 12.2 Å². The quantitative estimate of drug-likeness (QED) is 0.337. The largest absolute Gasteiger partial charge is 0.463 e. The molecule has 188 valence electrons. The number of anilines is 1. The van der Waals surface area contributed by atoms with Crippen LogP contribution in [-0.4, -0.2) is 44.6 Å². The smallest absolute Gasteiger partial charge is 0.255 e. The Morgan fingerprint density at radius 3 is 2.61 bits per heavy atom. The van der Waals surface area contributed by atoms with Crippen LogP contribution in [0.4, 0.5) is 18.9 Å². The highest BCUT2D eigenvalue weighted by Gasteiger charge is 2.25. The first-order chi connectivity index (χ1) is 17.2. The molecule has 4 rings (SSSR count). The third-order valence-electron chi connectivity index (χ3n) is 5.48. The van der Waals surface area contributed by atoms with Gasteiger partial charge in [-0.05, 0) is 50.6 Å². The van der Waals surface area contributed by atoms with Gasteiger partial charge in [0.15, 0.2) is 28.9 Å². The summed E-state index contributed by atoms with van der Waals surface area (Å²) in [5.74, 6) is -5.37. The number of rotatable bonds is 8. The maximum Gasteiger partial charge on any atom is 0.255 e. The molecule has 0 aliphatic rings. The minimum atomic E-state index is -1.69. The van der Waals surface area contributed by atoms with Gasteiger partial charge in [0.25, 0.3) is 5.91 Å². The molecule has 11 heteroatoms. The van der Waals surface area contributed by atoms with Crippen LogP contribution in [0.1, 0.15) is 43.6 Å². The van der Waals surface area contributed by atoms with E-state index in [4.69, 9.17) is 4.42 Å². The molecule has 0 radical (unpaired) electrons. The molecule has 8 nitrogen and oxygen atoms in total. The summed E-state index contributed by atoms with van der Waals surface area (Å²) >= 11 is 0. The zero-order valence-electron chi connectivity index (χ0n) is 19.9. The number of carbonyl (C=O) groups excluding carboxylic acids is 2. The van der Waals surface area contributed by atoms with Crippen molar-refractivity contribution >= 4 is 28.5 Å². The Kier molecular flexibility index (Phi) is 7.09. The van der Waals surface area contributed by atoms with E-state index in [-0.39, 0.29) is 18.2 Å². The summed E-state index contributed by atoms with van der Waals surface area (Å²) in [6, 6.07) is 6.58. The predicted octanol–water partition coefficient (Wildman–Crippen LogP) is 5.18. The van der Waals surface area contributed by atoms with Crippen LogP contribution in [0.3, 0.4) is 0 Å². The summed E-state index contributed by atoms with van der Waals surface area (Å²) in [4.78, 5) is 32.3. The van der Waals surface area contributed by atoms with Gasteiger partial charge >= 0.3 is 0 Å². The van der Waals surface area contributed by atoms with Gasteiger partial charge in [-0.1, -0.05) is 6.92 Å². The zero-order valence-corrected chi connectivity index (χ0v) is 19.9. The average molecular weight is 499 g/mol. The van der Waals surface area contributed by atoms with Crippen molar-refractivity contribution in [2.75, 3.05) is 18.4 Å². The van der Waals surface area contributed by atoms with Crippen molar-refractivity contribution in [2.45, 2.75) is 33.2 Å².